The summed E-state index contributed by atoms with van der Waals surface area (Å²) in [5.74, 6) is 0.543. The lowest BCUT2D eigenvalue weighted by Gasteiger charge is -2.46. The maximum atomic E-state index is 13.4. The number of fused-ring (bicyclic) bond motifs is 3. The van der Waals surface area contributed by atoms with Gasteiger partial charge in [0.05, 0.1) is 11.8 Å². The largest absolute Gasteiger partial charge is 0.462 e. The second kappa shape index (κ2) is 6.85. The summed E-state index contributed by atoms with van der Waals surface area (Å²) in [6.07, 6.45) is 0.689. The van der Waals surface area contributed by atoms with Crippen LogP contribution < -0.4 is 4.74 Å². The van der Waals surface area contributed by atoms with Gasteiger partial charge in [-0.25, -0.2) is 9.40 Å². The first-order valence-electron chi connectivity index (χ1n) is 9.31. The van der Waals surface area contributed by atoms with Crippen molar-refractivity contribution < 1.29 is 9.13 Å². The van der Waals surface area contributed by atoms with E-state index >= 15 is 0 Å². The monoisotopic (exact) mass is 470 g/mol. The molecular weight excluding hydrogens is 455 g/mol. The van der Waals surface area contributed by atoms with Crippen LogP contribution in [0, 0.1) is 5.82 Å². The molecule has 0 saturated heterocycles. The zero-order valence-corrected chi connectivity index (χ0v) is 17.9. The third-order valence-corrected chi connectivity index (χ3v) is 6.31. The average molecular weight is 472 g/mol. The summed E-state index contributed by atoms with van der Waals surface area (Å²) in [7, 11) is 0. The van der Waals surface area contributed by atoms with Crippen LogP contribution in [-0.2, 0) is 5.72 Å². The standard InChI is InChI=1S/C23H17BrClFN2O/c1-23(15-4-6-16(24)7-5-15)28-21(19-12-17(25)8-11-22(19)29-23)13-20(27-28)14-2-9-18(26)10-3-14/h2-12,21H,13H2,1H3/t21-,23-/m0/s1. The molecule has 0 aromatic heterocycles. The van der Waals surface area contributed by atoms with E-state index in [1.807, 2.05) is 54.4 Å². The second-order valence-corrected chi connectivity index (χ2v) is 8.74. The van der Waals surface area contributed by atoms with E-state index in [0.717, 1.165) is 32.6 Å². The summed E-state index contributed by atoms with van der Waals surface area (Å²) in [5, 5.41) is 7.61. The Morgan fingerprint density at radius 1 is 1.10 bits per heavy atom. The summed E-state index contributed by atoms with van der Waals surface area (Å²) in [4.78, 5) is 0. The highest BCUT2D eigenvalue weighted by molar-refractivity contribution is 9.10. The molecule has 0 radical (unpaired) electrons. The highest BCUT2D eigenvalue weighted by Crippen LogP contribution is 2.50. The molecule has 2 atom stereocenters. The van der Waals surface area contributed by atoms with Gasteiger partial charge in [-0.05, 0) is 48.0 Å². The van der Waals surface area contributed by atoms with Gasteiger partial charge in [-0.15, -0.1) is 0 Å². The molecule has 0 fully saturated rings. The van der Waals surface area contributed by atoms with Gasteiger partial charge in [-0.3, -0.25) is 0 Å². The van der Waals surface area contributed by atoms with Crippen molar-refractivity contribution in [3.63, 3.8) is 0 Å². The van der Waals surface area contributed by atoms with E-state index in [4.69, 9.17) is 21.4 Å². The summed E-state index contributed by atoms with van der Waals surface area (Å²) >= 11 is 9.78. The second-order valence-electron chi connectivity index (χ2n) is 7.39. The Bertz CT molecular complexity index is 1120. The molecule has 29 heavy (non-hydrogen) atoms. The van der Waals surface area contributed by atoms with Crippen molar-refractivity contribution in [1.29, 1.82) is 0 Å². The van der Waals surface area contributed by atoms with Crippen LogP contribution in [0.25, 0.3) is 0 Å². The molecule has 2 aliphatic rings. The molecule has 5 rings (SSSR count). The summed E-state index contributed by atoms with van der Waals surface area (Å²) < 4.78 is 20.9. The predicted octanol–water partition coefficient (Wildman–Crippen LogP) is 6.66. The molecular formula is C23H17BrClFN2O. The number of ether oxygens (including phenoxy) is 1. The average Bonchev–Trinajstić information content (AvgIpc) is 3.16. The first-order chi connectivity index (χ1) is 13.9. The third-order valence-electron chi connectivity index (χ3n) is 5.54. The number of benzene rings is 3. The lowest BCUT2D eigenvalue weighted by atomic mass is 9.92. The van der Waals surface area contributed by atoms with Crippen LogP contribution in [0.1, 0.15) is 36.1 Å². The van der Waals surface area contributed by atoms with Gasteiger partial charge in [0.15, 0.2) is 0 Å². The number of halogens is 3. The summed E-state index contributed by atoms with van der Waals surface area (Å²) in [6, 6.07) is 20.2. The Balaban J connectivity index is 1.65. The van der Waals surface area contributed by atoms with E-state index in [2.05, 4.69) is 15.9 Å². The molecule has 6 heteroatoms. The zero-order valence-electron chi connectivity index (χ0n) is 15.6. The minimum Gasteiger partial charge on any atom is -0.462 e. The number of hydrogen-bond acceptors (Lipinski definition) is 3. The van der Waals surface area contributed by atoms with Crippen LogP contribution in [-0.4, -0.2) is 10.7 Å². The summed E-state index contributed by atoms with van der Waals surface area (Å²) in [6.45, 7) is 2.03. The van der Waals surface area contributed by atoms with Gasteiger partial charge < -0.3 is 4.74 Å². The SMILES string of the molecule is C[C@@]1(c2ccc(Br)cc2)Oc2ccc(Cl)cc2[C@@H]2CC(c3ccc(F)cc3)=NN21. The zero-order chi connectivity index (χ0) is 20.2. The maximum Gasteiger partial charge on any atom is 0.221 e. The molecule has 2 heterocycles. The van der Waals surface area contributed by atoms with Crippen molar-refractivity contribution in [1.82, 2.24) is 5.01 Å². The Hall–Kier alpha value is -2.37. The number of nitrogens with zero attached hydrogens (tertiary/aromatic N) is 2. The van der Waals surface area contributed by atoms with Crippen molar-refractivity contribution in [3.05, 3.63) is 98.7 Å². The fraction of sp³-hybridized carbons (Fsp3) is 0.174. The van der Waals surface area contributed by atoms with Gasteiger partial charge in [-0.1, -0.05) is 51.8 Å². The predicted molar refractivity (Wildman–Crippen MR) is 116 cm³/mol. The van der Waals surface area contributed by atoms with E-state index in [1.54, 1.807) is 12.1 Å². The normalized spacial score (nSPS) is 22.6. The van der Waals surface area contributed by atoms with Crippen LogP contribution in [0.4, 0.5) is 4.39 Å². The van der Waals surface area contributed by atoms with Crippen LogP contribution >= 0.6 is 27.5 Å². The minimum atomic E-state index is -0.784. The molecule has 3 aromatic carbocycles. The molecule has 0 spiro atoms. The van der Waals surface area contributed by atoms with Crippen LogP contribution in [0.15, 0.2) is 76.3 Å². The van der Waals surface area contributed by atoms with Crippen LogP contribution in [0.3, 0.4) is 0 Å². The Kier molecular flexibility index (Phi) is 4.41. The van der Waals surface area contributed by atoms with Crippen molar-refractivity contribution >= 4 is 33.2 Å². The Labute approximate surface area is 181 Å². The van der Waals surface area contributed by atoms with Gasteiger partial charge in [0, 0.05) is 34.0 Å². The van der Waals surface area contributed by atoms with Gasteiger partial charge in [0.25, 0.3) is 0 Å². The first kappa shape index (κ1) is 18.6. The highest BCUT2D eigenvalue weighted by Gasteiger charge is 2.48. The number of hydrazone groups is 1. The highest BCUT2D eigenvalue weighted by atomic mass is 79.9. The molecule has 0 bridgehead atoms. The Morgan fingerprint density at radius 2 is 1.83 bits per heavy atom. The van der Waals surface area contributed by atoms with E-state index in [0.29, 0.717) is 11.4 Å². The van der Waals surface area contributed by atoms with E-state index < -0.39 is 5.72 Å². The first-order valence-corrected chi connectivity index (χ1v) is 10.5. The number of rotatable bonds is 2. The molecule has 0 N–H and O–H groups in total. The maximum absolute atomic E-state index is 13.4. The molecule has 0 amide bonds. The van der Waals surface area contributed by atoms with Gasteiger partial charge in [0.1, 0.15) is 11.6 Å². The molecule has 3 nitrogen and oxygen atoms in total. The van der Waals surface area contributed by atoms with Crippen molar-refractivity contribution in [2.75, 3.05) is 0 Å². The van der Waals surface area contributed by atoms with Gasteiger partial charge in [-0.2, -0.15) is 5.10 Å². The smallest absolute Gasteiger partial charge is 0.221 e. The molecule has 146 valence electrons. The molecule has 0 aliphatic carbocycles. The fourth-order valence-electron chi connectivity index (χ4n) is 4.05. The quantitative estimate of drug-likeness (QED) is 0.417. The fourth-order valence-corrected chi connectivity index (χ4v) is 4.49. The topological polar surface area (TPSA) is 24.8 Å². The van der Waals surface area contributed by atoms with Crippen molar-refractivity contribution in [2.24, 2.45) is 5.10 Å². The number of hydrogen-bond donors (Lipinski definition) is 0. The van der Waals surface area contributed by atoms with E-state index in [1.165, 1.54) is 12.1 Å². The molecule has 0 unspecified atom stereocenters. The van der Waals surface area contributed by atoms with E-state index in [-0.39, 0.29) is 11.9 Å². The van der Waals surface area contributed by atoms with E-state index in [9.17, 15) is 4.39 Å². The van der Waals surface area contributed by atoms with Gasteiger partial charge in [0.2, 0.25) is 5.72 Å². The minimum absolute atomic E-state index is 0.0221. The van der Waals surface area contributed by atoms with Crippen molar-refractivity contribution in [3.8, 4) is 5.75 Å². The van der Waals surface area contributed by atoms with Gasteiger partial charge >= 0.3 is 0 Å². The van der Waals surface area contributed by atoms with Crippen LogP contribution in [0.5, 0.6) is 5.75 Å². The molecule has 0 saturated carbocycles. The lowest BCUT2D eigenvalue weighted by Crippen LogP contribution is -2.48. The van der Waals surface area contributed by atoms with Crippen LogP contribution in [0.2, 0.25) is 5.02 Å². The molecule has 2 aliphatic heterocycles. The summed E-state index contributed by atoms with van der Waals surface area (Å²) in [5.41, 5.74) is 3.02. The lowest BCUT2D eigenvalue weighted by molar-refractivity contribution is -0.112. The Morgan fingerprint density at radius 3 is 2.55 bits per heavy atom. The third kappa shape index (κ3) is 3.13. The van der Waals surface area contributed by atoms with Crippen molar-refractivity contribution in [2.45, 2.75) is 25.1 Å². The molecule has 3 aromatic rings.